The van der Waals surface area contributed by atoms with Gasteiger partial charge in [-0.2, -0.15) is 0 Å². The van der Waals surface area contributed by atoms with Gasteiger partial charge in [-0.05, 0) is 37.1 Å². The van der Waals surface area contributed by atoms with Crippen LogP contribution in [0.3, 0.4) is 0 Å². The molecule has 1 aliphatic rings. The molecule has 6 nitrogen and oxygen atoms in total. The summed E-state index contributed by atoms with van der Waals surface area (Å²) in [6.07, 6.45) is 4.92. The van der Waals surface area contributed by atoms with Crippen LogP contribution < -0.4 is 21.3 Å². The predicted molar refractivity (Wildman–Crippen MR) is 80.4 cm³/mol. The fourth-order valence-corrected chi connectivity index (χ4v) is 2.49. The molecule has 0 aliphatic carbocycles. The Kier molecular flexibility index (Phi) is 3.87. The Hall–Kier alpha value is -2.34. The van der Waals surface area contributed by atoms with Crippen molar-refractivity contribution in [1.29, 1.82) is 0 Å². The molecule has 110 valence electrons. The van der Waals surface area contributed by atoms with Gasteiger partial charge in [-0.25, -0.2) is 4.98 Å². The fourth-order valence-electron chi connectivity index (χ4n) is 2.49. The molecule has 1 aromatic heterocycles. The van der Waals surface area contributed by atoms with E-state index >= 15 is 0 Å². The molecular weight excluding hydrogens is 268 g/mol. The van der Waals surface area contributed by atoms with E-state index in [1.165, 1.54) is 24.7 Å². The van der Waals surface area contributed by atoms with Crippen LogP contribution in [0, 0.1) is 0 Å². The summed E-state index contributed by atoms with van der Waals surface area (Å²) in [5.41, 5.74) is 6.46. The highest BCUT2D eigenvalue weighted by molar-refractivity contribution is 5.47. The maximum Gasteiger partial charge on any atom is 0.277 e. The maximum absolute atomic E-state index is 11.4. The summed E-state index contributed by atoms with van der Waals surface area (Å²) in [5, 5.41) is 3.50. The molecule has 0 amide bonds. The second-order valence-corrected chi connectivity index (χ2v) is 5.12. The molecule has 1 unspecified atom stereocenters. The number of benzene rings is 1. The number of nitrogens with zero attached hydrogens (tertiary/aromatic N) is 1. The zero-order valence-electron chi connectivity index (χ0n) is 11.6. The maximum atomic E-state index is 11.4. The highest BCUT2D eigenvalue weighted by atomic mass is 16.5. The molecule has 0 saturated carbocycles. The third-order valence-corrected chi connectivity index (χ3v) is 3.66. The van der Waals surface area contributed by atoms with Crippen LogP contribution in [-0.2, 0) is 0 Å². The Morgan fingerprint density at radius 1 is 1.24 bits per heavy atom. The minimum absolute atomic E-state index is 0.0180. The molecule has 6 heteroatoms. The third-order valence-electron chi connectivity index (χ3n) is 3.66. The average molecular weight is 286 g/mol. The van der Waals surface area contributed by atoms with Crippen molar-refractivity contribution in [3.05, 3.63) is 46.5 Å². The van der Waals surface area contributed by atoms with Crippen LogP contribution in [0.4, 0.5) is 5.69 Å². The van der Waals surface area contributed by atoms with E-state index in [-0.39, 0.29) is 11.6 Å². The molecule has 0 bridgehead atoms. The monoisotopic (exact) mass is 286 g/mol. The van der Waals surface area contributed by atoms with Crippen LogP contribution in [0.25, 0.3) is 0 Å². The lowest BCUT2D eigenvalue weighted by Gasteiger charge is -2.23. The highest BCUT2D eigenvalue weighted by Crippen LogP contribution is 2.27. The van der Waals surface area contributed by atoms with Gasteiger partial charge in [-0.1, -0.05) is 18.6 Å². The highest BCUT2D eigenvalue weighted by Gasteiger charge is 2.14. The number of nitrogens with one attached hydrogen (secondary N) is 2. The Morgan fingerprint density at radius 3 is 2.76 bits per heavy atom. The SMILES string of the molecule is Nc1c(Oc2ccc(C3CCCCN3)cc2)nc[nH]c1=O. The zero-order chi connectivity index (χ0) is 14.7. The smallest absolute Gasteiger partial charge is 0.277 e. The van der Waals surface area contributed by atoms with Gasteiger partial charge in [0, 0.05) is 6.04 Å². The number of hydrogen-bond donors (Lipinski definition) is 3. The summed E-state index contributed by atoms with van der Waals surface area (Å²) in [5.74, 6) is 0.738. The summed E-state index contributed by atoms with van der Waals surface area (Å²) in [6.45, 7) is 1.07. The molecule has 1 fully saturated rings. The Balaban J connectivity index is 1.75. The van der Waals surface area contributed by atoms with Crippen LogP contribution in [-0.4, -0.2) is 16.5 Å². The average Bonchev–Trinajstić information content (AvgIpc) is 2.53. The Bertz CT molecular complexity index is 660. The van der Waals surface area contributed by atoms with E-state index in [1.807, 2.05) is 24.3 Å². The minimum atomic E-state index is -0.400. The van der Waals surface area contributed by atoms with Gasteiger partial charge in [0.05, 0.1) is 6.33 Å². The molecule has 1 saturated heterocycles. The van der Waals surface area contributed by atoms with Crippen LogP contribution in [0.1, 0.15) is 30.9 Å². The largest absolute Gasteiger partial charge is 0.437 e. The van der Waals surface area contributed by atoms with Gasteiger partial charge in [0.25, 0.3) is 5.56 Å². The van der Waals surface area contributed by atoms with Gasteiger partial charge in [-0.15, -0.1) is 0 Å². The van der Waals surface area contributed by atoms with Crippen molar-refractivity contribution in [2.75, 3.05) is 12.3 Å². The summed E-state index contributed by atoms with van der Waals surface area (Å²) in [6, 6.07) is 8.21. The minimum Gasteiger partial charge on any atom is -0.437 e. The number of aromatic amines is 1. The topological polar surface area (TPSA) is 93.0 Å². The van der Waals surface area contributed by atoms with Crippen LogP contribution in [0.15, 0.2) is 35.4 Å². The number of ether oxygens (including phenoxy) is 1. The molecule has 2 heterocycles. The van der Waals surface area contributed by atoms with E-state index in [0.717, 1.165) is 13.0 Å². The normalized spacial score (nSPS) is 18.4. The molecule has 1 aliphatic heterocycles. The number of hydrogen-bond acceptors (Lipinski definition) is 5. The van der Waals surface area contributed by atoms with Gasteiger partial charge >= 0.3 is 0 Å². The van der Waals surface area contributed by atoms with E-state index in [0.29, 0.717) is 11.8 Å². The third kappa shape index (κ3) is 3.05. The van der Waals surface area contributed by atoms with E-state index in [1.54, 1.807) is 0 Å². The molecule has 1 atom stereocenters. The van der Waals surface area contributed by atoms with Crippen molar-refractivity contribution in [3.8, 4) is 11.6 Å². The fraction of sp³-hybridized carbons (Fsp3) is 0.333. The lowest BCUT2D eigenvalue weighted by Crippen LogP contribution is -2.26. The first-order valence-electron chi connectivity index (χ1n) is 7.08. The summed E-state index contributed by atoms with van der Waals surface area (Å²) >= 11 is 0. The number of nitrogens with two attached hydrogens (primary N) is 1. The summed E-state index contributed by atoms with van der Waals surface area (Å²) in [7, 11) is 0. The van der Waals surface area contributed by atoms with Crippen molar-refractivity contribution in [2.24, 2.45) is 0 Å². The van der Waals surface area contributed by atoms with Gasteiger partial charge in [-0.3, -0.25) is 4.79 Å². The van der Waals surface area contributed by atoms with Gasteiger partial charge < -0.3 is 20.8 Å². The zero-order valence-corrected chi connectivity index (χ0v) is 11.6. The molecule has 1 aromatic carbocycles. The van der Waals surface area contributed by atoms with E-state index < -0.39 is 5.56 Å². The number of nitrogen functional groups attached to an aromatic ring is 1. The molecular formula is C15H18N4O2. The second-order valence-electron chi connectivity index (χ2n) is 5.12. The van der Waals surface area contributed by atoms with Gasteiger partial charge in [0.15, 0.2) is 5.69 Å². The molecule has 4 N–H and O–H groups in total. The number of piperidine rings is 1. The standard InChI is InChI=1S/C15H18N4O2/c16-13-14(20)18-9-19-15(13)21-11-6-4-10(5-7-11)12-3-1-2-8-17-12/h4-7,9,12,17H,1-3,8,16H2,(H,18,19,20). The van der Waals surface area contributed by atoms with Gasteiger partial charge in [0.2, 0.25) is 5.88 Å². The van der Waals surface area contributed by atoms with Crippen LogP contribution in [0.5, 0.6) is 11.6 Å². The number of rotatable bonds is 3. The van der Waals surface area contributed by atoms with Crippen molar-refractivity contribution in [1.82, 2.24) is 15.3 Å². The Morgan fingerprint density at radius 2 is 2.05 bits per heavy atom. The molecule has 3 rings (SSSR count). The van der Waals surface area contributed by atoms with Crippen molar-refractivity contribution >= 4 is 5.69 Å². The van der Waals surface area contributed by atoms with E-state index in [9.17, 15) is 4.79 Å². The number of H-pyrrole nitrogens is 1. The van der Waals surface area contributed by atoms with Crippen molar-refractivity contribution in [2.45, 2.75) is 25.3 Å². The first kappa shape index (κ1) is 13.6. The molecule has 2 aromatic rings. The van der Waals surface area contributed by atoms with Crippen LogP contribution >= 0.6 is 0 Å². The number of aromatic nitrogens is 2. The lowest BCUT2D eigenvalue weighted by atomic mass is 9.98. The van der Waals surface area contributed by atoms with Gasteiger partial charge in [0.1, 0.15) is 5.75 Å². The first-order valence-corrected chi connectivity index (χ1v) is 7.08. The van der Waals surface area contributed by atoms with E-state index in [4.69, 9.17) is 10.5 Å². The Labute approximate surface area is 122 Å². The van der Waals surface area contributed by atoms with E-state index in [2.05, 4.69) is 15.3 Å². The summed E-state index contributed by atoms with van der Waals surface area (Å²) < 4.78 is 5.56. The molecule has 0 radical (unpaired) electrons. The number of anilines is 1. The van der Waals surface area contributed by atoms with Crippen molar-refractivity contribution in [3.63, 3.8) is 0 Å². The van der Waals surface area contributed by atoms with Crippen LogP contribution in [0.2, 0.25) is 0 Å². The molecule has 0 spiro atoms. The quantitative estimate of drug-likeness (QED) is 0.802. The first-order chi connectivity index (χ1) is 10.2. The van der Waals surface area contributed by atoms with Crippen molar-refractivity contribution < 1.29 is 4.74 Å². The predicted octanol–water partition coefficient (Wildman–Crippen LogP) is 1.96. The summed E-state index contributed by atoms with van der Waals surface area (Å²) in [4.78, 5) is 17.7. The second kappa shape index (κ2) is 5.97. The lowest BCUT2D eigenvalue weighted by molar-refractivity contribution is 0.411. The molecule has 21 heavy (non-hydrogen) atoms.